The second-order valence-electron chi connectivity index (χ2n) is 2.61. The van der Waals surface area contributed by atoms with E-state index in [1.807, 2.05) is 0 Å². The lowest BCUT2D eigenvalue weighted by molar-refractivity contribution is -0.147. The molecule has 0 aromatic rings. The van der Waals surface area contributed by atoms with Crippen molar-refractivity contribution in [2.45, 2.75) is 45.6 Å². The van der Waals surface area contributed by atoms with Crippen LogP contribution in [0.15, 0.2) is 0 Å². The van der Waals surface area contributed by atoms with Crippen LogP contribution in [0.2, 0.25) is 0 Å². The Morgan fingerprint density at radius 3 is 2.33 bits per heavy atom. The van der Waals surface area contributed by atoms with Crippen molar-refractivity contribution >= 4 is 5.97 Å². The molecule has 0 aromatic carbocycles. The van der Waals surface area contributed by atoms with Crippen molar-refractivity contribution in [2.75, 3.05) is 0 Å². The van der Waals surface area contributed by atoms with Crippen LogP contribution in [0.1, 0.15) is 33.1 Å². The van der Waals surface area contributed by atoms with Gasteiger partial charge in [0.2, 0.25) is 6.43 Å². The van der Waals surface area contributed by atoms with Crippen LogP contribution in [-0.2, 0) is 9.53 Å². The first-order valence-electron chi connectivity index (χ1n) is 4.01. The Morgan fingerprint density at radius 2 is 2.00 bits per heavy atom. The molecule has 1 atom stereocenters. The zero-order chi connectivity index (χ0) is 9.56. The van der Waals surface area contributed by atoms with Gasteiger partial charge in [-0.25, -0.2) is 8.78 Å². The lowest BCUT2D eigenvalue weighted by Crippen LogP contribution is -2.16. The van der Waals surface area contributed by atoms with Gasteiger partial charge in [0.25, 0.3) is 0 Å². The summed E-state index contributed by atoms with van der Waals surface area (Å²) in [5.74, 6) is -0.406. The van der Waals surface area contributed by atoms with Gasteiger partial charge in [-0.2, -0.15) is 0 Å². The lowest BCUT2D eigenvalue weighted by atomic mass is 10.1. The van der Waals surface area contributed by atoms with E-state index in [1.165, 1.54) is 6.92 Å². The van der Waals surface area contributed by atoms with E-state index in [4.69, 9.17) is 4.74 Å². The van der Waals surface area contributed by atoms with Crippen LogP contribution in [-0.4, -0.2) is 18.5 Å². The summed E-state index contributed by atoms with van der Waals surface area (Å²) >= 11 is 0. The Hall–Kier alpha value is -0.670. The third kappa shape index (κ3) is 6.07. The van der Waals surface area contributed by atoms with Crippen molar-refractivity contribution in [2.24, 2.45) is 0 Å². The van der Waals surface area contributed by atoms with Gasteiger partial charge in [0, 0.05) is 13.3 Å². The van der Waals surface area contributed by atoms with E-state index in [9.17, 15) is 13.6 Å². The van der Waals surface area contributed by atoms with Gasteiger partial charge in [0.05, 0.1) is 0 Å². The predicted molar refractivity (Wildman–Crippen MR) is 41.1 cm³/mol. The van der Waals surface area contributed by atoms with Crippen molar-refractivity contribution < 1.29 is 18.3 Å². The number of rotatable bonds is 5. The Kier molecular flexibility index (Phi) is 5.58. The van der Waals surface area contributed by atoms with Crippen molar-refractivity contribution in [3.8, 4) is 0 Å². The van der Waals surface area contributed by atoms with E-state index >= 15 is 0 Å². The van der Waals surface area contributed by atoms with Gasteiger partial charge in [-0.15, -0.1) is 0 Å². The molecule has 0 N–H and O–H groups in total. The van der Waals surface area contributed by atoms with Crippen LogP contribution in [0.5, 0.6) is 0 Å². The predicted octanol–water partition coefficient (Wildman–Crippen LogP) is 2.37. The molecule has 0 spiro atoms. The topological polar surface area (TPSA) is 26.3 Å². The van der Waals surface area contributed by atoms with Crippen molar-refractivity contribution in [1.29, 1.82) is 0 Å². The fourth-order valence-electron chi connectivity index (χ4n) is 0.893. The molecule has 0 saturated carbocycles. The van der Waals surface area contributed by atoms with Crippen LogP contribution in [0.3, 0.4) is 0 Å². The summed E-state index contributed by atoms with van der Waals surface area (Å²) in [5.41, 5.74) is 0. The maximum atomic E-state index is 11.7. The van der Waals surface area contributed by atoms with Gasteiger partial charge in [-0.3, -0.25) is 4.79 Å². The van der Waals surface area contributed by atoms with Gasteiger partial charge < -0.3 is 4.74 Å². The molecule has 0 aliphatic heterocycles. The summed E-state index contributed by atoms with van der Waals surface area (Å²) in [7, 11) is 0. The van der Waals surface area contributed by atoms with Crippen molar-refractivity contribution in [1.82, 2.24) is 0 Å². The number of esters is 1. The number of ether oxygens (including phenoxy) is 1. The number of hydrogen-bond acceptors (Lipinski definition) is 2. The third-order valence-electron chi connectivity index (χ3n) is 1.49. The first kappa shape index (κ1) is 11.3. The van der Waals surface area contributed by atoms with Crippen LogP contribution in [0, 0.1) is 0 Å². The molecule has 0 saturated heterocycles. The second kappa shape index (κ2) is 5.91. The van der Waals surface area contributed by atoms with Gasteiger partial charge in [-0.1, -0.05) is 6.92 Å². The first-order chi connectivity index (χ1) is 5.56. The molecule has 0 amide bonds. The molecule has 0 aromatic heterocycles. The molecule has 1 unspecified atom stereocenters. The van der Waals surface area contributed by atoms with Crippen molar-refractivity contribution in [3.63, 3.8) is 0 Å². The average Bonchev–Trinajstić information content (AvgIpc) is 1.97. The highest BCUT2D eigenvalue weighted by atomic mass is 19.3. The highest BCUT2D eigenvalue weighted by Gasteiger charge is 2.12. The smallest absolute Gasteiger partial charge is 0.302 e. The molecule has 0 rings (SSSR count). The monoisotopic (exact) mass is 180 g/mol. The van der Waals surface area contributed by atoms with E-state index in [-0.39, 0.29) is 18.9 Å². The maximum absolute atomic E-state index is 11.7. The lowest BCUT2D eigenvalue weighted by Gasteiger charge is -2.14. The summed E-state index contributed by atoms with van der Waals surface area (Å²) in [4.78, 5) is 10.4. The van der Waals surface area contributed by atoms with Crippen LogP contribution in [0.25, 0.3) is 0 Å². The zero-order valence-electron chi connectivity index (χ0n) is 7.35. The summed E-state index contributed by atoms with van der Waals surface area (Å²) in [6, 6.07) is 0. The molecule has 0 bridgehead atoms. The molecule has 0 heterocycles. The number of halogens is 2. The number of carbonyl (C=O) groups excluding carboxylic acids is 1. The fourth-order valence-corrected chi connectivity index (χ4v) is 0.893. The molecule has 4 heteroatoms. The minimum absolute atomic E-state index is 0.203. The third-order valence-corrected chi connectivity index (χ3v) is 1.49. The first-order valence-corrected chi connectivity index (χ1v) is 4.01. The van der Waals surface area contributed by atoms with E-state index in [0.717, 1.165) is 0 Å². The van der Waals surface area contributed by atoms with Crippen molar-refractivity contribution in [3.05, 3.63) is 0 Å². The molecule has 0 radical (unpaired) electrons. The molecule has 0 fully saturated rings. The summed E-state index contributed by atoms with van der Waals surface area (Å²) in [5, 5.41) is 0. The molecule has 72 valence electrons. The maximum Gasteiger partial charge on any atom is 0.302 e. The van der Waals surface area contributed by atoms with E-state index in [1.54, 1.807) is 6.92 Å². The molecular formula is C8H14F2O2. The Bertz CT molecular complexity index is 137. The van der Waals surface area contributed by atoms with Gasteiger partial charge >= 0.3 is 5.97 Å². The molecule has 0 aliphatic rings. The van der Waals surface area contributed by atoms with Gasteiger partial charge in [0.1, 0.15) is 6.10 Å². The number of hydrogen-bond donors (Lipinski definition) is 0. The highest BCUT2D eigenvalue weighted by molar-refractivity contribution is 5.66. The average molecular weight is 180 g/mol. The summed E-state index contributed by atoms with van der Waals surface area (Å²) in [6.07, 6.45) is -2.03. The van der Waals surface area contributed by atoms with Crippen LogP contribution >= 0.6 is 0 Å². The zero-order valence-corrected chi connectivity index (χ0v) is 7.35. The standard InChI is InChI=1S/C8H14F2O2/c1-3-7(12-6(2)11)4-5-8(9)10/h7-8H,3-5H2,1-2H3. The fraction of sp³-hybridized carbons (Fsp3) is 0.875. The molecule has 2 nitrogen and oxygen atoms in total. The number of alkyl halides is 2. The van der Waals surface area contributed by atoms with Crippen LogP contribution in [0.4, 0.5) is 8.78 Å². The molecular weight excluding hydrogens is 166 g/mol. The Labute approximate surface area is 70.9 Å². The van der Waals surface area contributed by atoms with E-state index < -0.39 is 12.4 Å². The van der Waals surface area contributed by atoms with Gasteiger partial charge in [0.15, 0.2) is 0 Å². The summed E-state index contributed by atoms with van der Waals surface area (Å²) in [6.45, 7) is 3.09. The minimum Gasteiger partial charge on any atom is -0.463 e. The summed E-state index contributed by atoms with van der Waals surface area (Å²) < 4.78 is 28.2. The number of carbonyl (C=O) groups is 1. The van der Waals surface area contributed by atoms with E-state index in [2.05, 4.69) is 0 Å². The van der Waals surface area contributed by atoms with E-state index in [0.29, 0.717) is 6.42 Å². The Morgan fingerprint density at radius 1 is 1.42 bits per heavy atom. The minimum atomic E-state index is -2.31. The second-order valence-corrected chi connectivity index (χ2v) is 2.61. The molecule has 0 aliphatic carbocycles. The quantitative estimate of drug-likeness (QED) is 0.607. The van der Waals surface area contributed by atoms with Gasteiger partial charge in [-0.05, 0) is 12.8 Å². The van der Waals surface area contributed by atoms with Crippen LogP contribution < -0.4 is 0 Å². The largest absolute Gasteiger partial charge is 0.463 e. The molecule has 12 heavy (non-hydrogen) atoms. The normalized spacial score (nSPS) is 13.1. The highest BCUT2D eigenvalue weighted by Crippen LogP contribution is 2.11. The SMILES string of the molecule is CCC(CCC(F)F)OC(C)=O. The Balaban J connectivity index is 3.60.